The van der Waals surface area contributed by atoms with E-state index in [4.69, 9.17) is 14.5 Å². The first kappa shape index (κ1) is 16.0. The summed E-state index contributed by atoms with van der Waals surface area (Å²) in [5, 5.41) is 6.36. The van der Waals surface area contributed by atoms with E-state index < -0.39 is 0 Å². The second-order valence-electron chi connectivity index (χ2n) is 6.13. The highest BCUT2D eigenvalue weighted by Gasteiger charge is 2.16. The maximum absolute atomic E-state index is 5.49. The van der Waals surface area contributed by atoms with E-state index in [9.17, 15) is 0 Å². The first-order valence-electron chi connectivity index (χ1n) is 8.40. The largest absolute Gasteiger partial charge is 0.454 e. The van der Waals surface area contributed by atoms with Crippen molar-refractivity contribution in [3.63, 3.8) is 0 Å². The third kappa shape index (κ3) is 2.98. The van der Waals surface area contributed by atoms with Gasteiger partial charge in [0.25, 0.3) is 0 Å². The number of thiazole rings is 1. The van der Waals surface area contributed by atoms with Crippen LogP contribution >= 0.6 is 11.3 Å². The van der Waals surface area contributed by atoms with E-state index in [1.165, 1.54) is 22.5 Å². The van der Waals surface area contributed by atoms with E-state index in [0.717, 1.165) is 35.4 Å². The molecule has 0 fully saturated rings. The van der Waals surface area contributed by atoms with Gasteiger partial charge >= 0.3 is 0 Å². The molecule has 1 aliphatic heterocycles. The fraction of sp³-hybridized carbons (Fsp3) is 0.316. The molecule has 3 aromatic rings. The average molecular weight is 355 g/mol. The average Bonchev–Trinajstić information content (AvgIpc) is 3.30. The predicted molar refractivity (Wildman–Crippen MR) is 101 cm³/mol. The molecule has 0 saturated carbocycles. The minimum atomic E-state index is 0.308. The molecule has 1 N–H and O–H groups in total. The van der Waals surface area contributed by atoms with Crippen LogP contribution in [0, 0.1) is 13.8 Å². The molecule has 0 unspecified atom stereocenters. The van der Waals surface area contributed by atoms with Gasteiger partial charge in [0.15, 0.2) is 16.6 Å². The number of rotatable bonds is 5. The molecule has 0 radical (unpaired) electrons. The standard InChI is InChI=1S/C19H21N3O2S/c1-4-20-19-21-16(10-25-19)15-7-12(2)22(13(15)3)9-14-5-6-17-18(8-14)24-11-23-17/h5-8,10H,4,9,11H2,1-3H3,(H,20,21). The number of ether oxygens (including phenoxy) is 2. The quantitative estimate of drug-likeness (QED) is 0.735. The van der Waals surface area contributed by atoms with E-state index in [0.29, 0.717) is 6.79 Å². The van der Waals surface area contributed by atoms with Crippen LogP contribution < -0.4 is 14.8 Å². The number of hydrogen-bond donors (Lipinski definition) is 1. The number of aromatic nitrogens is 2. The smallest absolute Gasteiger partial charge is 0.231 e. The molecule has 25 heavy (non-hydrogen) atoms. The second-order valence-corrected chi connectivity index (χ2v) is 6.98. The molecule has 0 atom stereocenters. The Kier molecular flexibility index (Phi) is 4.13. The number of anilines is 1. The van der Waals surface area contributed by atoms with Crippen LogP contribution in [-0.4, -0.2) is 22.9 Å². The maximum Gasteiger partial charge on any atom is 0.231 e. The molecule has 0 aliphatic carbocycles. The first-order chi connectivity index (χ1) is 12.2. The van der Waals surface area contributed by atoms with Crippen molar-refractivity contribution in [2.45, 2.75) is 27.3 Å². The summed E-state index contributed by atoms with van der Waals surface area (Å²) in [7, 11) is 0. The number of hydrogen-bond acceptors (Lipinski definition) is 5. The molecule has 2 aromatic heterocycles. The van der Waals surface area contributed by atoms with Crippen molar-refractivity contribution < 1.29 is 9.47 Å². The van der Waals surface area contributed by atoms with Gasteiger partial charge in [-0.3, -0.25) is 0 Å². The normalized spacial score (nSPS) is 12.6. The van der Waals surface area contributed by atoms with Crippen molar-refractivity contribution in [1.82, 2.24) is 9.55 Å². The Hall–Kier alpha value is -2.47. The molecule has 0 spiro atoms. The second kappa shape index (κ2) is 6.44. The lowest BCUT2D eigenvalue weighted by Gasteiger charge is -2.10. The Balaban J connectivity index is 1.63. The molecule has 130 valence electrons. The van der Waals surface area contributed by atoms with Crippen molar-refractivity contribution in [3.05, 3.63) is 46.6 Å². The molecule has 0 bridgehead atoms. The van der Waals surface area contributed by atoms with Gasteiger partial charge in [-0.05, 0) is 44.5 Å². The molecule has 6 heteroatoms. The predicted octanol–water partition coefficient (Wildman–Crippen LogP) is 4.44. The monoisotopic (exact) mass is 355 g/mol. The van der Waals surface area contributed by atoms with Gasteiger partial charge in [-0.1, -0.05) is 6.07 Å². The van der Waals surface area contributed by atoms with Crippen molar-refractivity contribution in [2.75, 3.05) is 18.7 Å². The van der Waals surface area contributed by atoms with Crippen molar-refractivity contribution >= 4 is 16.5 Å². The van der Waals surface area contributed by atoms with E-state index in [-0.39, 0.29) is 0 Å². The Morgan fingerprint density at radius 3 is 2.88 bits per heavy atom. The number of aryl methyl sites for hydroxylation is 1. The third-order valence-electron chi connectivity index (χ3n) is 4.46. The van der Waals surface area contributed by atoms with Crippen LogP contribution in [0.5, 0.6) is 11.5 Å². The van der Waals surface area contributed by atoms with E-state index in [1.807, 2.05) is 6.07 Å². The van der Waals surface area contributed by atoms with Crippen LogP contribution in [-0.2, 0) is 6.54 Å². The molecule has 0 saturated heterocycles. The van der Waals surface area contributed by atoms with Gasteiger partial charge in [0, 0.05) is 35.4 Å². The van der Waals surface area contributed by atoms with Crippen LogP contribution in [0.2, 0.25) is 0 Å². The van der Waals surface area contributed by atoms with Crippen LogP contribution in [0.3, 0.4) is 0 Å². The van der Waals surface area contributed by atoms with Gasteiger partial charge in [0.1, 0.15) is 0 Å². The summed E-state index contributed by atoms with van der Waals surface area (Å²) in [6, 6.07) is 8.36. The number of nitrogens with zero attached hydrogens (tertiary/aromatic N) is 2. The zero-order valence-corrected chi connectivity index (χ0v) is 15.4. The lowest BCUT2D eigenvalue weighted by atomic mass is 10.2. The zero-order valence-electron chi connectivity index (χ0n) is 14.6. The SMILES string of the molecule is CCNc1nc(-c2cc(C)n(Cc3ccc4c(c3)OCO4)c2C)cs1. The lowest BCUT2D eigenvalue weighted by molar-refractivity contribution is 0.174. The van der Waals surface area contributed by atoms with Crippen molar-refractivity contribution in [1.29, 1.82) is 0 Å². The summed E-state index contributed by atoms with van der Waals surface area (Å²) in [5.74, 6) is 1.65. The molecule has 1 aromatic carbocycles. The fourth-order valence-electron chi connectivity index (χ4n) is 3.16. The Morgan fingerprint density at radius 2 is 2.04 bits per heavy atom. The molecule has 1 aliphatic rings. The Morgan fingerprint density at radius 1 is 1.20 bits per heavy atom. The highest BCUT2D eigenvalue weighted by Crippen LogP contribution is 2.34. The van der Waals surface area contributed by atoms with Gasteiger partial charge in [-0.25, -0.2) is 4.98 Å². The van der Waals surface area contributed by atoms with Gasteiger partial charge in [-0.15, -0.1) is 11.3 Å². The highest BCUT2D eigenvalue weighted by molar-refractivity contribution is 7.14. The summed E-state index contributed by atoms with van der Waals surface area (Å²) in [4.78, 5) is 4.70. The molecule has 0 amide bonds. The van der Waals surface area contributed by atoms with Gasteiger partial charge in [0.2, 0.25) is 6.79 Å². The van der Waals surface area contributed by atoms with E-state index in [2.05, 4.69) is 54.2 Å². The van der Waals surface area contributed by atoms with Gasteiger partial charge in [-0.2, -0.15) is 0 Å². The van der Waals surface area contributed by atoms with Crippen molar-refractivity contribution in [3.8, 4) is 22.8 Å². The van der Waals surface area contributed by atoms with Crippen LogP contribution in [0.25, 0.3) is 11.3 Å². The summed E-state index contributed by atoms with van der Waals surface area (Å²) in [5.41, 5.74) is 5.88. The first-order valence-corrected chi connectivity index (χ1v) is 9.28. The third-order valence-corrected chi connectivity index (χ3v) is 5.26. The molecular weight excluding hydrogens is 334 g/mol. The van der Waals surface area contributed by atoms with E-state index in [1.54, 1.807) is 11.3 Å². The number of benzene rings is 1. The summed E-state index contributed by atoms with van der Waals surface area (Å²) in [6.07, 6.45) is 0. The highest BCUT2D eigenvalue weighted by atomic mass is 32.1. The number of fused-ring (bicyclic) bond motifs is 1. The topological polar surface area (TPSA) is 48.3 Å². The minimum Gasteiger partial charge on any atom is -0.454 e. The van der Waals surface area contributed by atoms with E-state index >= 15 is 0 Å². The van der Waals surface area contributed by atoms with Crippen LogP contribution in [0.4, 0.5) is 5.13 Å². The van der Waals surface area contributed by atoms with Crippen LogP contribution in [0.1, 0.15) is 23.9 Å². The van der Waals surface area contributed by atoms with Gasteiger partial charge < -0.3 is 19.4 Å². The summed E-state index contributed by atoms with van der Waals surface area (Å²) < 4.78 is 13.2. The molecule has 3 heterocycles. The molecule has 4 rings (SSSR count). The minimum absolute atomic E-state index is 0.308. The molecular formula is C19H21N3O2S. The van der Waals surface area contributed by atoms with Gasteiger partial charge in [0.05, 0.1) is 5.69 Å². The maximum atomic E-state index is 5.49. The summed E-state index contributed by atoms with van der Waals surface area (Å²) in [6.45, 7) is 8.37. The Bertz CT molecular complexity index is 914. The fourth-order valence-corrected chi connectivity index (χ4v) is 3.94. The molecule has 5 nitrogen and oxygen atoms in total. The zero-order chi connectivity index (χ0) is 17.4. The lowest BCUT2D eigenvalue weighted by Crippen LogP contribution is -2.04. The Labute approximate surface area is 151 Å². The van der Waals surface area contributed by atoms with Crippen LogP contribution in [0.15, 0.2) is 29.6 Å². The number of nitrogens with one attached hydrogen (secondary N) is 1. The summed E-state index contributed by atoms with van der Waals surface area (Å²) >= 11 is 1.65. The van der Waals surface area contributed by atoms with Crippen molar-refractivity contribution in [2.24, 2.45) is 0 Å².